The first-order chi connectivity index (χ1) is 12.1. The summed E-state index contributed by atoms with van der Waals surface area (Å²) in [6, 6.07) is 9.38. The SMILES string of the molecule is COC(=O)c1ncn(Cc2cnc(OC)c(-c3cccc(Cl)c3)c2)n1. The Morgan fingerprint density at radius 2 is 2.08 bits per heavy atom. The van der Waals surface area contributed by atoms with E-state index in [4.69, 9.17) is 16.3 Å². The predicted molar refractivity (Wildman–Crippen MR) is 91.7 cm³/mol. The van der Waals surface area contributed by atoms with E-state index in [0.717, 1.165) is 16.7 Å². The van der Waals surface area contributed by atoms with E-state index in [0.29, 0.717) is 17.4 Å². The molecule has 2 heterocycles. The molecule has 128 valence electrons. The van der Waals surface area contributed by atoms with E-state index >= 15 is 0 Å². The van der Waals surface area contributed by atoms with E-state index in [1.165, 1.54) is 18.1 Å². The fourth-order valence-corrected chi connectivity index (χ4v) is 2.54. The molecule has 25 heavy (non-hydrogen) atoms. The molecule has 8 heteroatoms. The highest BCUT2D eigenvalue weighted by atomic mass is 35.5. The van der Waals surface area contributed by atoms with Gasteiger partial charge < -0.3 is 9.47 Å². The summed E-state index contributed by atoms with van der Waals surface area (Å²) in [6.45, 7) is 0.397. The molecule has 0 fully saturated rings. The summed E-state index contributed by atoms with van der Waals surface area (Å²) in [5.41, 5.74) is 2.58. The zero-order valence-corrected chi connectivity index (χ0v) is 14.4. The van der Waals surface area contributed by atoms with Gasteiger partial charge >= 0.3 is 5.97 Å². The number of ether oxygens (including phenoxy) is 2. The van der Waals surface area contributed by atoms with Gasteiger partial charge in [-0.15, -0.1) is 5.10 Å². The maximum Gasteiger partial charge on any atom is 0.377 e. The number of methoxy groups -OCH3 is 2. The summed E-state index contributed by atoms with van der Waals surface area (Å²) in [5, 5.41) is 4.71. The molecule has 0 amide bonds. The van der Waals surface area contributed by atoms with Crippen LogP contribution in [0.5, 0.6) is 5.88 Å². The molecule has 0 bridgehead atoms. The van der Waals surface area contributed by atoms with Crippen molar-refractivity contribution in [3.8, 4) is 17.0 Å². The van der Waals surface area contributed by atoms with Crippen LogP contribution in [0.25, 0.3) is 11.1 Å². The molecule has 0 unspecified atom stereocenters. The maximum atomic E-state index is 11.4. The first-order valence-corrected chi connectivity index (χ1v) is 7.75. The van der Waals surface area contributed by atoms with Crippen LogP contribution >= 0.6 is 11.6 Å². The minimum Gasteiger partial charge on any atom is -0.481 e. The van der Waals surface area contributed by atoms with Gasteiger partial charge in [-0.1, -0.05) is 23.7 Å². The Morgan fingerprint density at radius 1 is 1.24 bits per heavy atom. The number of hydrogen-bond donors (Lipinski definition) is 0. The smallest absolute Gasteiger partial charge is 0.377 e. The number of halogens is 1. The van der Waals surface area contributed by atoms with Crippen molar-refractivity contribution in [1.29, 1.82) is 0 Å². The van der Waals surface area contributed by atoms with Crippen molar-refractivity contribution < 1.29 is 14.3 Å². The van der Waals surface area contributed by atoms with E-state index < -0.39 is 5.97 Å². The monoisotopic (exact) mass is 358 g/mol. The number of carbonyl (C=O) groups is 1. The van der Waals surface area contributed by atoms with Crippen molar-refractivity contribution in [2.75, 3.05) is 14.2 Å². The Hall–Kier alpha value is -2.93. The van der Waals surface area contributed by atoms with Crippen molar-refractivity contribution in [3.63, 3.8) is 0 Å². The standard InChI is InChI=1S/C17H15ClN4O3/c1-24-16-14(12-4-3-5-13(18)7-12)6-11(8-19-16)9-22-10-20-15(21-22)17(23)25-2/h3-8,10H,9H2,1-2H3. The highest BCUT2D eigenvalue weighted by molar-refractivity contribution is 6.30. The molecule has 0 aliphatic heterocycles. The molecule has 2 aromatic heterocycles. The van der Waals surface area contributed by atoms with Crippen LogP contribution in [0.15, 0.2) is 42.9 Å². The highest BCUT2D eigenvalue weighted by Crippen LogP contribution is 2.30. The number of nitrogens with zero attached hydrogens (tertiary/aromatic N) is 4. The van der Waals surface area contributed by atoms with Crippen LogP contribution in [0.3, 0.4) is 0 Å². The molecule has 0 radical (unpaired) electrons. The number of rotatable bonds is 5. The highest BCUT2D eigenvalue weighted by Gasteiger charge is 2.13. The minimum absolute atomic E-state index is 0.0130. The second kappa shape index (κ2) is 7.31. The molecule has 7 nitrogen and oxygen atoms in total. The minimum atomic E-state index is -0.578. The molecule has 3 aromatic rings. The van der Waals surface area contributed by atoms with E-state index in [1.807, 2.05) is 24.3 Å². The number of esters is 1. The van der Waals surface area contributed by atoms with Gasteiger partial charge in [0.15, 0.2) is 0 Å². The number of pyridine rings is 1. The Bertz CT molecular complexity index is 910. The normalized spacial score (nSPS) is 10.5. The Morgan fingerprint density at radius 3 is 2.80 bits per heavy atom. The molecule has 0 N–H and O–H groups in total. The first-order valence-electron chi connectivity index (χ1n) is 7.37. The first kappa shape index (κ1) is 16.9. The van der Waals surface area contributed by atoms with Gasteiger partial charge in [0, 0.05) is 16.8 Å². The van der Waals surface area contributed by atoms with Gasteiger partial charge in [0.1, 0.15) is 6.33 Å². The number of benzene rings is 1. The van der Waals surface area contributed by atoms with E-state index in [-0.39, 0.29) is 5.82 Å². The van der Waals surface area contributed by atoms with E-state index in [2.05, 4.69) is 19.8 Å². The van der Waals surface area contributed by atoms with Crippen LogP contribution in [-0.2, 0) is 11.3 Å². The molecule has 0 aliphatic rings. The summed E-state index contributed by atoms with van der Waals surface area (Å²) >= 11 is 6.08. The van der Waals surface area contributed by atoms with Gasteiger partial charge in [-0.2, -0.15) is 0 Å². The van der Waals surface area contributed by atoms with Crippen LogP contribution in [0.2, 0.25) is 5.02 Å². The molecule has 0 spiro atoms. The third-order valence-corrected chi connectivity index (χ3v) is 3.72. The van der Waals surface area contributed by atoms with Crippen molar-refractivity contribution in [2.45, 2.75) is 6.54 Å². The number of aromatic nitrogens is 4. The van der Waals surface area contributed by atoms with Crippen LogP contribution < -0.4 is 4.74 Å². The van der Waals surface area contributed by atoms with Crippen molar-refractivity contribution in [1.82, 2.24) is 19.7 Å². The summed E-state index contributed by atoms with van der Waals surface area (Å²) in [5.74, 6) is -0.0647. The van der Waals surface area contributed by atoms with Crippen molar-refractivity contribution >= 4 is 17.6 Å². The van der Waals surface area contributed by atoms with Crippen molar-refractivity contribution in [3.05, 3.63) is 59.3 Å². The third-order valence-electron chi connectivity index (χ3n) is 3.49. The second-order valence-electron chi connectivity index (χ2n) is 5.17. The summed E-state index contributed by atoms with van der Waals surface area (Å²) in [6.07, 6.45) is 3.15. The Balaban J connectivity index is 1.92. The van der Waals surface area contributed by atoms with Crippen LogP contribution in [0.4, 0.5) is 0 Å². The fourth-order valence-electron chi connectivity index (χ4n) is 2.35. The number of hydrogen-bond acceptors (Lipinski definition) is 6. The molecular formula is C17H15ClN4O3. The zero-order chi connectivity index (χ0) is 17.8. The third kappa shape index (κ3) is 3.77. The summed E-state index contributed by atoms with van der Waals surface area (Å²) in [7, 11) is 2.85. The van der Waals surface area contributed by atoms with Gasteiger partial charge in [-0.05, 0) is 29.3 Å². The lowest BCUT2D eigenvalue weighted by Gasteiger charge is -2.10. The molecule has 3 rings (SSSR count). The summed E-state index contributed by atoms with van der Waals surface area (Å²) in [4.78, 5) is 19.7. The number of carbonyl (C=O) groups excluding carboxylic acids is 1. The van der Waals surface area contributed by atoms with Gasteiger partial charge in [-0.25, -0.2) is 19.4 Å². The Labute approximate surface area is 149 Å². The van der Waals surface area contributed by atoms with Gasteiger partial charge in [-0.3, -0.25) is 0 Å². The van der Waals surface area contributed by atoms with E-state index in [1.54, 1.807) is 19.4 Å². The Kier molecular flexibility index (Phi) is 4.95. The second-order valence-corrected chi connectivity index (χ2v) is 5.60. The fraction of sp³-hybridized carbons (Fsp3) is 0.176. The zero-order valence-electron chi connectivity index (χ0n) is 13.6. The molecule has 0 saturated heterocycles. The van der Waals surface area contributed by atoms with Crippen LogP contribution in [0.1, 0.15) is 16.2 Å². The average Bonchev–Trinajstić information content (AvgIpc) is 3.09. The summed E-state index contributed by atoms with van der Waals surface area (Å²) < 4.78 is 11.5. The van der Waals surface area contributed by atoms with Crippen LogP contribution in [-0.4, -0.2) is 39.9 Å². The topological polar surface area (TPSA) is 79.1 Å². The molecule has 1 aromatic carbocycles. The van der Waals surface area contributed by atoms with Crippen molar-refractivity contribution in [2.24, 2.45) is 0 Å². The lowest BCUT2D eigenvalue weighted by atomic mass is 10.1. The quantitative estimate of drug-likeness (QED) is 0.652. The average molecular weight is 359 g/mol. The van der Waals surface area contributed by atoms with Crippen LogP contribution in [0, 0.1) is 0 Å². The van der Waals surface area contributed by atoms with E-state index in [9.17, 15) is 4.79 Å². The largest absolute Gasteiger partial charge is 0.481 e. The molecule has 0 aliphatic carbocycles. The van der Waals surface area contributed by atoms with Gasteiger partial charge in [0.05, 0.1) is 20.8 Å². The van der Waals surface area contributed by atoms with Gasteiger partial charge in [0.25, 0.3) is 5.82 Å². The lowest BCUT2D eigenvalue weighted by molar-refractivity contribution is 0.0586. The lowest BCUT2D eigenvalue weighted by Crippen LogP contribution is -2.07. The molecule has 0 saturated carbocycles. The maximum absolute atomic E-state index is 11.4. The predicted octanol–water partition coefficient (Wildman–Crippen LogP) is 2.84. The molecule has 0 atom stereocenters. The van der Waals surface area contributed by atoms with Gasteiger partial charge in [0.2, 0.25) is 5.88 Å². The molecular weight excluding hydrogens is 344 g/mol.